The first-order valence-electron chi connectivity index (χ1n) is 4.63. The first kappa shape index (κ1) is 12.3. The molecule has 0 radical (unpaired) electrons. The van der Waals surface area contributed by atoms with Crippen molar-refractivity contribution in [2.24, 2.45) is 5.73 Å². The summed E-state index contributed by atoms with van der Waals surface area (Å²) in [5.41, 5.74) is 6.77. The van der Waals surface area contributed by atoms with E-state index in [2.05, 4.69) is 5.32 Å². The van der Waals surface area contributed by atoms with E-state index in [-0.39, 0.29) is 16.7 Å². The van der Waals surface area contributed by atoms with E-state index in [1.807, 2.05) is 0 Å². The van der Waals surface area contributed by atoms with Gasteiger partial charge in [0.1, 0.15) is 0 Å². The molecule has 4 nitrogen and oxygen atoms in total. The zero-order valence-electron chi connectivity index (χ0n) is 9.03. The second kappa shape index (κ2) is 4.85. The smallest absolute Gasteiger partial charge is 0.168 e. The van der Waals surface area contributed by atoms with Crippen molar-refractivity contribution in [3.63, 3.8) is 0 Å². The Hall–Kier alpha value is -1.75. The van der Waals surface area contributed by atoms with Gasteiger partial charge in [-0.25, -0.2) is 0 Å². The van der Waals surface area contributed by atoms with Gasteiger partial charge in [-0.3, -0.25) is 9.59 Å². The van der Waals surface area contributed by atoms with E-state index >= 15 is 0 Å². The van der Waals surface area contributed by atoms with Crippen molar-refractivity contribution in [1.29, 1.82) is 0 Å². The van der Waals surface area contributed by atoms with Crippen molar-refractivity contribution in [3.05, 3.63) is 29.3 Å². The van der Waals surface area contributed by atoms with E-state index < -0.39 is 0 Å². The van der Waals surface area contributed by atoms with E-state index in [1.165, 1.54) is 13.8 Å². The Bertz CT molecular complexity index is 437. The Labute approximate surface area is 98.8 Å². The molecule has 0 amide bonds. The van der Waals surface area contributed by atoms with Crippen LogP contribution in [0.25, 0.3) is 0 Å². The quantitative estimate of drug-likeness (QED) is 0.618. The molecule has 0 aromatic heterocycles. The van der Waals surface area contributed by atoms with E-state index in [0.29, 0.717) is 16.8 Å². The van der Waals surface area contributed by atoms with Gasteiger partial charge < -0.3 is 11.1 Å². The summed E-state index contributed by atoms with van der Waals surface area (Å²) in [5, 5.41) is 2.79. The molecule has 0 saturated carbocycles. The van der Waals surface area contributed by atoms with Gasteiger partial charge in [0.15, 0.2) is 16.7 Å². The molecule has 84 valence electrons. The first-order valence-corrected chi connectivity index (χ1v) is 5.04. The Morgan fingerprint density at radius 2 is 1.56 bits per heavy atom. The van der Waals surface area contributed by atoms with Crippen LogP contribution in [-0.4, -0.2) is 16.7 Å². The van der Waals surface area contributed by atoms with Crippen LogP contribution in [-0.2, 0) is 0 Å². The minimum absolute atomic E-state index is 0.0928. The number of nitrogens with one attached hydrogen (secondary N) is 1. The number of nitrogens with two attached hydrogens (primary N) is 1. The summed E-state index contributed by atoms with van der Waals surface area (Å²) in [4.78, 5) is 22.5. The van der Waals surface area contributed by atoms with Gasteiger partial charge in [-0.1, -0.05) is 0 Å². The summed E-state index contributed by atoms with van der Waals surface area (Å²) in [6.07, 6.45) is 0. The van der Waals surface area contributed by atoms with Crippen LogP contribution in [0, 0.1) is 0 Å². The Morgan fingerprint density at radius 3 is 1.88 bits per heavy atom. The predicted octanol–water partition coefficient (Wildman–Crippen LogP) is 1.75. The van der Waals surface area contributed by atoms with Gasteiger partial charge in [0.05, 0.1) is 0 Å². The summed E-state index contributed by atoms with van der Waals surface area (Å²) in [6.45, 7) is 2.87. The molecule has 0 aliphatic rings. The van der Waals surface area contributed by atoms with Crippen LogP contribution in [0.3, 0.4) is 0 Å². The highest BCUT2D eigenvalue weighted by atomic mass is 32.1. The van der Waals surface area contributed by atoms with Gasteiger partial charge >= 0.3 is 0 Å². The van der Waals surface area contributed by atoms with Crippen molar-refractivity contribution in [3.8, 4) is 0 Å². The highest BCUT2D eigenvalue weighted by Crippen LogP contribution is 2.16. The summed E-state index contributed by atoms with van der Waals surface area (Å²) in [5.74, 6) is -0.233. The molecule has 1 aromatic rings. The van der Waals surface area contributed by atoms with Gasteiger partial charge in [-0.2, -0.15) is 0 Å². The molecule has 0 saturated heterocycles. The van der Waals surface area contributed by atoms with Crippen molar-refractivity contribution in [2.75, 3.05) is 5.32 Å². The van der Waals surface area contributed by atoms with Gasteiger partial charge in [0.2, 0.25) is 0 Å². The van der Waals surface area contributed by atoms with Crippen LogP contribution in [0.15, 0.2) is 18.2 Å². The summed E-state index contributed by atoms with van der Waals surface area (Å²) >= 11 is 4.69. The molecule has 5 heteroatoms. The van der Waals surface area contributed by atoms with Crippen molar-refractivity contribution in [1.82, 2.24) is 0 Å². The minimum Gasteiger partial charge on any atom is -0.376 e. The fourth-order valence-corrected chi connectivity index (χ4v) is 1.37. The van der Waals surface area contributed by atoms with Crippen LogP contribution < -0.4 is 11.1 Å². The minimum atomic E-state index is -0.117. The maximum absolute atomic E-state index is 11.3. The number of hydrogen-bond acceptors (Lipinski definition) is 3. The molecule has 16 heavy (non-hydrogen) atoms. The number of hydrogen-bond donors (Lipinski definition) is 2. The molecule has 0 fully saturated rings. The number of carbonyl (C=O) groups excluding carboxylic acids is 2. The number of carbonyl (C=O) groups is 2. The molecule has 0 bridgehead atoms. The van der Waals surface area contributed by atoms with Crippen molar-refractivity contribution >= 4 is 34.6 Å². The van der Waals surface area contributed by atoms with Crippen LogP contribution >= 0.6 is 12.2 Å². The number of ketones is 2. The highest BCUT2D eigenvalue weighted by molar-refractivity contribution is 7.80. The number of benzene rings is 1. The molecule has 3 N–H and O–H groups in total. The zero-order chi connectivity index (χ0) is 12.3. The van der Waals surface area contributed by atoms with Gasteiger partial charge in [0, 0.05) is 16.8 Å². The number of Topliss-reactive ketones (excluding diaryl/α,β-unsaturated/α-hetero) is 2. The molecule has 0 aliphatic heterocycles. The first-order chi connectivity index (χ1) is 7.40. The average molecular weight is 236 g/mol. The lowest BCUT2D eigenvalue weighted by atomic mass is 10.0. The number of rotatable bonds is 3. The molecule has 1 aromatic carbocycles. The van der Waals surface area contributed by atoms with E-state index in [9.17, 15) is 9.59 Å². The average Bonchev–Trinajstić information content (AvgIpc) is 2.15. The van der Waals surface area contributed by atoms with E-state index in [4.69, 9.17) is 18.0 Å². The lowest BCUT2D eigenvalue weighted by molar-refractivity contribution is 0.101. The molecule has 1 rings (SSSR count). The standard InChI is InChI=1S/C11H12N2O2S/c1-6(14)8-3-9(7(2)15)5-10(4-8)13-11(12)16/h3-5H,1-2H3,(H3,12,13,16). The monoisotopic (exact) mass is 236 g/mol. The zero-order valence-corrected chi connectivity index (χ0v) is 9.85. The van der Waals surface area contributed by atoms with Crippen LogP contribution in [0.4, 0.5) is 5.69 Å². The van der Waals surface area contributed by atoms with Crippen LogP contribution in [0.1, 0.15) is 34.6 Å². The number of anilines is 1. The number of thiocarbonyl (C=S) groups is 1. The molecule has 0 aliphatic carbocycles. The summed E-state index contributed by atoms with van der Waals surface area (Å²) < 4.78 is 0. The fraction of sp³-hybridized carbons (Fsp3) is 0.182. The second-order valence-corrected chi connectivity index (χ2v) is 3.84. The fourth-order valence-electron chi connectivity index (χ4n) is 1.25. The van der Waals surface area contributed by atoms with Crippen LogP contribution in [0.5, 0.6) is 0 Å². The Morgan fingerprint density at radius 1 is 1.12 bits per heavy atom. The lowest BCUT2D eigenvalue weighted by Gasteiger charge is -2.07. The highest BCUT2D eigenvalue weighted by Gasteiger charge is 2.07. The molecular formula is C11H12N2O2S. The topological polar surface area (TPSA) is 72.2 Å². The van der Waals surface area contributed by atoms with Crippen molar-refractivity contribution in [2.45, 2.75) is 13.8 Å². The molecule has 0 unspecified atom stereocenters. The van der Waals surface area contributed by atoms with Crippen molar-refractivity contribution < 1.29 is 9.59 Å². The largest absolute Gasteiger partial charge is 0.376 e. The third-order valence-corrected chi connectivity index (χ3v) is 2.12. The maximum Gasteiger partial charge on any atom is 0.168 e. The predicted molar refractivity (Wildman–Crippen MR) is 66.9 cm³/mol. The van der Waals surface area contributed by atoms with Gasteiger partial charge in [0.25, 0.3) is 0 Å². The van der Waals surface area contributed by atoms with Crippen LogP contribution in [0.2, 0.25) is 0 Å². The lowest BCUT2D eigenvalue weighted by Crippen LogP contribution is -2.19. The molecular weight excluding hydrogens is 224 g/mol. The second-order valence-electron chi connectivity index (χ2n) is 3.40. The van der Waals surface area contributed by atoms with E-state index in [0.717, 1.165) is 0 Å². The normalized spacial score (nSPS) is 9.62. The Balaban J connectivity index is 3.23. The molecule has 0 atom stereocenters. The third-order valence-electron chi connectivity index (χ3n) is 2.01. The maximum atomic E-state index is 11.3. The third kappa shape index (κ3) is 3.13. The summed E-state index contributed by atoms with van der Waals surface area (Å²) in [6, 6.07) is 4.76. The molecule has 0 heterocycles. The van der Waals surface area contributed by atoms with Gasteiger partial charge in [-0.05, 0) is 44.3 Å². The molecule has 0 spiro atoms. The summed E-state index contributed by atoms with van der Waals surface area (Å²) in [7, 11) is 0. The Kier molecular flexibility index (Phi) is 3.73. The van der Waals surface area contributed by atoms with Gasteiger partial charge in [-0.15, -0.1) is 0 Å². The van der Waals surface area contributed by atoms with E-state index in [1.54, 1.807) is 18.2 Å². The SMILES string of the molecule is CC(=O)c1cc(NC(N)=S)cc(C(C)=O)c1.